The average Bonchev–Trinajstić information content (AvgIpc) is 3.14. The summed E-state index contributed by atoms with van der Waals surface area (Å²) in [6, 6.07) is 0. The molecule has 10 heteroatoms. The fraction of sp³-hybridized carbons (Fsp3) is 0.814. The summed E-state index contributed by atoms with van der Waals surface area (Å²) >= 11 is 0. The summed E-state index contributed by atoms with van der Waals surface area (Å²) in [6.45, 7) is 3.67. The van der Waals surface area contributed by atoms with Gasteiger partial charge >= 0.3 is 19.8 Å². The lowest BCUT2D eigenvalue weighted by Crippen LogP contribution is -2.29. The van der Waals surface area contributed by atoms with Gasteiger partial charge in [0.15, 0.2) is 6.10 Å². The van der Waals surface area contributed by atoms with Gasteiger partial charge in [-0.25, -0.2) is 4.57 Å². The van der Waals surface area contributed by atoms with Gasteiger partial charge in [-0.2, -0.15) is 0 Å². The van der Waals surface area contributed by atoms with Crippen molar-refractivity contribution in [3.8, 4) is 0 Å². The third-order valence-electron chi connectivity index (χ3n) is 9.03. The van der Waals surface area contributed by atoms with Crippen molar-refractivity contribution in [2.45, 2.75) is 200 Å². The number of hydrogen-bond acceptors (Lipinski definition) is 8. The van der Waals surface area contributed by atoms with Crippen molar-refractivity contribution in [3.05, 3.63) is 36.5 Å². The molecular weight excluding hydrogens is 689 g/mol. The fourth-order valence-corrected chi connectivity index (χ4v) is 6.58. The summed E-state index contributed by atoms with van der Waals surface area (Å²) in [5.41, 5.74) is 5.34. The lowest BCUT2D eigenvalue weighted by atomic mass is 10.0. The molecule has 0 spiro atoms. The molecule has 0 rings (SSSR count). The Morgan fingerprint density at radius 3 is 1.49 bits per heavy atom. The monoisotopic (exact) mass is 770 g/mol. The van der Waals surface area contributed by atoms with Gasteiger partial charge in [0.1, 0.15) is 6.61 Å². The summed E-state index contributed by atoms with van der Waals surface area (Å²) in [6.07, 6.45) is 43.2. The third-order valence-corrected chi connectivity index (χ3v) is 10.0. The van der Waals surface area contributed by atoms with Gasteiger partial charge in [-0.1, -0.05) is 166 Å². The van der Waals surface area contributed by atoms with E-state index < -0.39 is 26.5 Å². The Morgan fingerprint density at radius 1 is 0.566 bits per heavy atom. The molecule has 0 aliphatic heterocycles. The van der Waals surface area contributed by atoms with Crippen molar-refractivity contribution in [1.29, 1.82) is 0 Å². The van der Waals surface area contributed by atoms with Crippen molar-refractivity contribution in [3.63, 3.8) is 0 Å². The molecule has 0 aliphatic rings. The van der Waals surface area contributed by atoms with E-state index in [9.17, 15) is 19.0 Å². The SMILES string of the molecule is CCCCC/C=C/C/C=C/C/C=C/CCCCC(=O)O[C@H](COC(=O)CCCCCCCCCCCCCCCCCCC)COP(=O)(O)OCCN. The number of hydrogen-bond donors (Lipinski definition) is 2. The molecule has 0 saturated carbocycles. The Bertz CT molecular complexity index is 970. The second-order valence-corrected chi connectivity index (χ2v) is 15.7. The van der Waals surface area contributed by atoms with Crippen molar-refractivity contribution in [1.82, 2.24) is 0 Å². The van der Waals surface area contributed by atoms with Gasteiger partial charge in [0, 0.05) is 19.4 Å². The maximum Gasteiger partial charge on any atom is 0.472 e. The van der Waals surface area contributed by atoms with Crippen LogP contribution in [0.2, 0.25) is 0 Å². The molecule has 0 aromatic heterocycles. The number of carbonyl (C=O) groups is 2. The van der Waals surface area contributed by atoms with E-state index in [0.29, 0.717) is 6.42 Å². The van der Waals surface area contributed by atoms with Crippen LogP contribution in [0.3, 0.4) is 0 Å². The van der Waals surface area contributed by atoms with Gasteiger partial charge in [-0.3, -0.25) is 18.6 Å². The smallest absolute Gasteiger partial charge is 0.462 e. The number of esters is 2. The van der Waals surface area contributed by atoms with Gasteiger partial charge < -0.3 is 20.1 Å². The quantitative estimate of drug-likeness (QED) is 0.0270. The van der Waals surface area contributed by atoms with Crippen LogP contribution >= 0.6 is 7.82 Å². The molecule has 0 aliphatic carbocycles. The predicted octanol–water partition coefficient (Wildman–Crippen LogP) is 12.2. The van der Waals surface area contributed by atoms with Crippen LogP contribution in [0.5, 0.6) is 0 Å². The van der Waals surface area contributed by atoms with Crippen molar-refractivity contribution >= 4 is 19.8 Å². The predicted molar refractivity (Wildman–Crippen MR) is 220 cm³/mol. The van der Waals surface area contributed by atoms with Crippen LogP contribution in [0.15, 0.2) is 36.5 Å². The second kappa shape index (κ2) is 39.9. The number of ether oxygens (including phenoxy) is 2. The largest absolute Gasteiger partial charge is 0.472 e. The molecule has 0 fully saturated rings. The van der Waals surface area contributed by atoms with Crippen molar-refractivity contribution in [2.24, 2.45) is 5.73 Å². The minimum atomic E-state index is -4.38. The maximum atomic E-state index is 12.5. The summed E-state index contributed by atoms with van der Waals surface area (Å²) < 4.78 is 32.7. The summed E-state index contributed by atoms with van der Waals surface area (Å²) in [5.74, 6) is -0.868. The van der Waals surface area contributed by atoms with Gasteiger partial charge in [0.2, 0.25) is 0 Å². The number of phosphoric acid groups is 1. The summed E-state index contributed by atoms with van der Waals surface area (Å²) in [5, 5.41) is 0. The highest BCUT2D eigenvalue weighted by atomic mass is 31.2. The van der Waals surface area contributed by atoms with E-state index in [4.69, 9.17) is 24.3 Å². The molecule has 9 nitrogen and oxygen atoms in total. The van der Waals surface area contributed by atoms with E-state index in [0.717, 1.165) is 51.4 Å². The highest BCUT2D eigenvalue weighted by Gasteiger charge is 2.26. The molecule has 2 atom stereocenters. The first-order chi connectivity index (χ1) is 25.8. The normalized spacial score (nSPS) is 13.7. The van der Waals surface area contributed by atoms with Gasteiger partial charge in [-0.15, -0.1) is 0 Å². The number of unbranched alkanes of at least 4 members (excludes halogenated alkanes) is 21. The average molecular weight is 770 g/mol. The minimum absolute atomic E-state index is 0.0477. The molecule has 3 N–H and O–H groups in total. The molecule has 0 aromatic carbocycles. The number of rotatable bonds is 40. The van der Waals surface area contributed by atoms with Gasteiger partial charge in [-0.05, 0) is 51.4 Å². The Labute approximate surface area is 324 Å². The van der Waals surface area contributed by atoms with Crippen molar-refractivity contribution < 1.29 is 37.6 Å². The number of carbonyl (C=O) groups excluding carboxylic acids is 2. The zero-order valence-corrected chi connectivity index (χ0v) is 34.9. The van der Waals surface area contributed by atoms with Crippen LogP contribution in [0.25, 0.3) is 0 Å². The van der Waals surface area contributed by atoms with Gasteiger partial charge in [0.05, 0.1) is 13.2 Å². The van der Waals surface area contributed by atoms with E-state index >= 15 is 0 Å². The zero-order chi connectivity index (χ0) is 38.9. The molecule has 0 bridgehead atoms. The van der Waals surface area contributed by atoms with Crippen LogP contribution < -0.4 is 5.73 Å². The van der Waals surface area contributed by atoms with Crippen LogP contribution in [0.4, 0.5) is 0 Å². The Morgan fingerprint density at radius 2 is 0.981 bits per heavy atom. The first-order valence-electron chi connectivity index (χ1n) is 21.5. The topological polar surface area (TPSA) is 134 Å². The zero-order valence-electron chi connectivity index (χ0n) is 34.0. The Balaban J connectivity index is 4.19. The van der Waals surface area contributed by atoms with E-state index in [1.165, 1.54) is 109 Å². The van der Waals surface area contributed by atoms with E-state index in [1.807, 2.05) is 0 Å². The van der Waals surface area contributed by atoms with Crippen LogP contribution in [-0.2, 0) is 32.7 Å². The molecule has 0 aromatic rings. The van der Waals surface area contributed by atoms with Crippen molar-refractivity contribution in [2.75, 3.05) is 26.4 Å². The number of phosphoric ester groups is 1. The van der Waals surface area contributed by atoms with Gasteiger partial charge in [0.25, 0.3) is 0 Å². The number of allylic oxidation sites excluding steroid dienone is 6. The second-order valence-electron chi connectivity index (χ2n) is 14.2. The standard InChI is InChI=1S/C43H80NO8P/c1-3-5-7-9-11-13-15-17-19-20-22-23-25-27-29-31-33-35-42(45)49-39-41(40-51-53(47,48)50-38-37-44)52-43(46)36-34-32-30-28-26-24-21-18-16-14-12-10-8-6-4-2/h12,14,18,21,26,28,41H,3-11,13,15-17,19-20,22-25,27,29-40,44H2,1-2H3,(H,47,48)/b14-12+,21-18+,28-26+/t41-/m1/s1. The lowest BCUT2D eigenvalue weighted by molar-refractivity contribution is -0.161. The number of nitrogens with two attached hydrogens (primary N) is 1. The molecule has 0 saturated heterocycles. The van der Waals surface area contributed by atoms with E-state index in [2.05, 4.69) is 50.3 Å². The Hall–Kier alpha value is -1.77. The minimum Gasteiger partial charge on any atom is -0.462 e. The van der Waals surface area contributed by atoms with Crippen LogP contribution in [0, 0.1) is 0 Å². The molecule has 1 unspecified atom stereocenters. The first-order valence-corrected chi connectivity index (χ1v) is 23.0. The van der Waals surface area contributed by atoms with Crippen LogP contribution in [-0.4, -0.2) is 49.3 Å². The molecular formula is C43H80NO8P. The molecule has 0 radical (unpaired) electrons. The lowest BCUT2D eigenvalue weighted by Gasteiger charge is -2.19. The molecule has 53 heavy (non-hydrogen) atoms. The molecule has 310 valence electrons. The van der Waals surface area contributed by atoms with E-state index in [1.54, 1.807) is 0 Å². The van der Waals surface area contributed by atoms with E-state index in [-0.39, 0.29) is 38.6 Å². The Kier molecular flexibility index (Phi) is 38.6. The highest BCUT2D eigenvalue weighted by molar-refractivity contribution is 7.47. The maximum absolute atomic E-state index is 12.5. The third kappa shape index (κ3) is 39.7. The first kappa shape index (κ1) is 51.2. The summed E-state index contributed by atoms with van der Waals surface area (Å²) in [4.78, 5) is 34.8. The fourth-order valence-electron chi connectivity index (χ4n) is 5.82. The molecule has 0 heterocycles. The molecule has 0 amide bonds. The summed E-state index contributed by atoms with van der Waals surface area (Å²) in [7, 11) is -4.38. The highest BCUT2D eigenvalue weighted by Crippen LogP contribution is 2.43. The van der Waals surface area contributed by atoms with Crippen LogP contribution in [0.1, 0.15) is 194 Å².